The number of fused-ring (bicyclic) bond motifs is 1. The Hall–Kier alpha value is -3.43. The van der Waals surface area contributed by atoms with Crippen LogP contribution in [0.3, 0.4) is 0 Å². The van der Waals surface area contributed by atoms with Crippen molar-refractivity contribution in [3.63, 3.8) is 0 Å². The van der Waals surface area contributed by atoms with Crippen LogP contribution in [0.1, 0.15) is 0 Å². The van der Waals surface area contributed by atoms with Gasteiger partial charge in [0.2, 0.25) is 5.88 Å². The molecule has 4 aromatic heterocycles. The molecular formula is C21H22N6O3. The molecule has 0 amide bonds. The highest BCUT2D eigenvalue weighted by Crippen LogP contribution is 2.34. The molecule has 1 saturated heterocycles. The van der Waals surface area contributed by atoms with Crippen LogP contribution in [-0.4, -0.2) is 68.9 Å². The van der Waals surface area contributed by atoms with E-state index in [1.54, 1.807) is 24.7 Å². The zero-order valence-electron chi connectivity index (χ0n) is 16.4. The summed E-state index contributed by atoms with van der Waals surface area (Å²) in [6, 6.07) is 9.50. The lowest BCUT2D eigenvalue weighted by Gasteiger charge is -2.34. The maximum Gasteiger partial charge on any atom is 0.248 e. The quantitative estimate of drug-likeness (QED) is 0.521. The van der Waals surface area contributed by atoms with Gasteiger partial charge in [0.05, 0.1) is 12.9 Å². The fourth-order valence-corrected chi connectivity index (χ4v) is 3.66. The largest absolute Gasteiger partial charge is 0.469 e. The van der Waals surface area contributed by atoms with Crippen molar-refractivity contribution in [3.8, 4) is 22.9 Å². The predicted molar refractivity (Wildman–Crippen MR) is 111 cm³/mol. The number of rotatable bonds is 6. The molecular weight excluding hydrogens is 384 g/mol. The predicted octanol–water partition coefficient (Wildman–Crippen LogP) is 2.29. The number of hydrogen-bond acceptors (Lipinski definition) is 8. The van der Waals surface area contributed by atoms with Gasteiger partial charge < -0.3 is 19.2 Å². The van der Waals surface area contributed by atoms with Gasteiger partial charge in [-0.1, -0.05) is 0 Å². The summed E-state index contributed by atoms with van der Waals surface area (Å²) in [6.07, 6.45) is 6.57. The van der Waals surface area contributed by atoms with Crippen molar-refractivity contribution >= 4 is 11.5 Å². The van der Waals surface area contributed by atoms with Gasteiger partial charge in [-0.25, -0.2) is 4.52 Å². The van der Waals surface area contributed by atoms with Crippen molar-refractivity contribution in [2.75, 3.05) is 44.2 Å². The molecule has 0 spiro atoms. The second-order valence-electron chi connectivity index (χ2n) is 7.08. The average molecular weight is 406 g/mol. The lowest BCUT2D eigenvalue weighted by Crippen LogP contribution is -2.47. The van der Waals surface area contributed by atoms with Crippen LogP contribution in [0.25, 0.3) is 16.9 Å². The smallest absolute Gasteiger partial charge is 0.248 e. The molecule has 0 atom stereocenters. The van der Waals surface area contributed by atoms with Crippen molar-refractivity contribution in [3.05, 3.63) is 55.3 Å². The van der Waals surface area contributed by atoms with E-state index in [9.17, 15) is 0 Å². The van der Waals surface area contributed by atoms with Crippen LogP contribution in [-0.2, 0) is 0 Å². The number of β-amino-alcohol motifs (C(OH)–C–C–N with tert-alkyl or cyclic N) is 1. The fraction of sp³-hybridized carbons (Fsp3) is 0.286. The van der Waals surface area contributed by atoms with E-state index in [0.717, 1.165) is 43.3 Å². The number of furan rings is 1. The molecule has 9 nitrogen and oxygen atoms in total. The molecule has 1 fully saturated rings. The molecule has 30 heavy (non-hydrogen) atoms. The number of hydrogen-bond donors (Lipinski definition) is 1. The first kappa shape index (κ1) is 18.6. The molecule has 4 aromatic rings. The normalized spacial score (nSPS) is 15.0. The van der Waals surface area contributed by atoms with Gasteiger partial charge in [-0.15, -0.1) is 5.10 Å². The number of nitrogens with zero attached hydrogens (tertiary/aromatic N) is 6. The summed E-state index contributed by atoms with van der Waals surface area (Å²) in [5.41, 5.74) is 2.37. The first-order valence-corrected chi connectivity index (χ1v) is 9.90. The zero-order chi connectivity index (χ0) is 20.3. The zero-order valence-corrected chi connectivity index (χ0v) is 16.4. The molecule has 154 valence electrons. The molecule has 5 heterocycles. The number of aliphatic hydroxyl groups excluding tert-OH is 1. The van der Waals surface area contributed by atoms with Crippen LogP contribution in [0.5, 0.6) is 11.6 Å². The molecule has 1 aliphatic heterocycles. The van der Waals surface area contributed by atoms with E-state index in [0.29, 0.717) is 23.8 Å². The Morgan fingerprint density at radius 3 is 2.60 bits per heavy atom. The Bertz CT molecular complexity index is 1100. The monoisotopic (exact) mass is 406 g/mol. The van der Waals surface area contributed by atoms with Crippen molar-refractivity contribution in [2.24, 2.45) is 0 Å². The van der Waals surface area contributed by atoms with Gasteiger partial charge in [0.25, 0.3) is 0 Å². The summed E-state index contributed by atoms with van der Waals surface area (Å²) >= 11 is 0. The van der Waals surface area contributed by atoms with E-state index in [2.05, 4.69) is 19.8 Å². The third kappa shape index (κ3) is 3.60. The average Bonchev–Trinajstić information content (AvgIpc) is 3.42. The molecule has 0 aliphatic carbocycles. The van der Waals surface area contributed by atoms with Crippen LogP contribution in [0.4, 0.5) is 5.82 Å². The standard InChI is InChI=1S/C21H22N6O3/c28-13-12-25-8-10-26(11-9-25)19-2-1-18-23-21(30-17-5-14-29-15-17)20(27(18)24-19)16-3-6-22-7-4-16/h1-7,14-15,28H,8-13H2. The third-order valence-electron chi connectivity index (χ3n) is 5.21. The second-order valence-corrected chi connectivity index (χ2v) is 7.08. The van der Waals surface area contributed by atoms with E-state index < -0.39 is 0 Å². The minimum absolute atomic E-state index is 0.188. The van der Waals surface area contributed by atoms with Gasteiger partial charge in [-0.05, 0) is 24.3 Å². The molecule has 5 rings (SSSR count). The van der Waals surface area contributed by atoms with Crippen LogP contribution in [0.15, 0.2) is 59.7 Å². The van der Waals surface area contributed by atoms with Crippen molar-refractivity contribution in [2.45, 2.75) is 0 Å². The van der Waals surface area contributed by atoms with Gasteiger partial charge >= 0.3 is 0 Å². The number of imidazole rings is 1. The van der Waals surface area contributed by atoms with Crippen LogP contribution in [0, 0.1) is 0 Å². The second kappa shape index (κ2) is 8.13. The third-order valence-corrected chi connectivity index (χ3v) is 5.21. The summed E-state index contributed by atoms with van der Waals surface area (Å²) in [7, 11) is 0. The van der Waals surface area contributed by atoms with Crippen LogP contribution in [0.2, 0.25) is 0 Å². The number of aliphatic hydroxyl groups is 1. The van der Waals surface area contributed by atoms with Gasteiger partial charge in [0.1, 0.15) is 17.8 Å². The van der Waals surface area contributed by atoms with Gasteiger partial charge in [0.15, 0.2) is 11.4 Å². The summed E-state index contributed by atoms with van der Waals surface area (Å²) in [4.78, 5) is 13.3. The minimum Gasteiger partial charge on any atom is -0.469 e. The molecule has 9 heteroatoms. The number of pyridine rings is 1. The van der Waals surface area contributed by atoms with Gasteiger partial charge in [-0.2, -0.15) is 4.98 Å². The lowest BCUT2D eigenvalue weighted by molar-refractivity contribution is 0.188. The topological polar surface area (TPSA) is 92.2 Å². The Kier molecular flexibility index (Phi) is 5.04. The molecule has 0 saturated carbocycles. The highest BCUT2D eigenvalue weighted by Gasteiger charge is 2.21. The van der Waals surface area contributed by atoms with Crippen LogP contribution < -0.4 is 9.64 Å². The van der Waals surface area contributed by atoms with Gasteiger partial charge in [-0.3, -0.25) is 9.88 Å². The first-order valence-electron chi connectivity index (χ1n) is 9.90. The molecule has 1 N–H and O–H groups in total. The van der Waals surface area contributed by atoms with E-state index in [1.165, 1.54) is 6.26 Å². The number of ether oxygens (including phenoxy) is 1. The fourth-order valence-electron chi connectivity index (χ4n) is 3.66. The Morgan fingerprint density at radius 1 is 1.03 bits per heavy atom. The first-order chi connectivity index (χ1) is 14.8. The maximum atomic E-state index is 9.15. The molecule has 0 bridgehead atoms. The Balaban J connectivity index is 1.52. The summed E-state index contributed by atoms with van der Waals surface area (Å²) in [5.74, 6) is 1.92. The number of aromatic nitrogens is 4. The molecule has 0 unspecified atom stereocenters. The summed E-state index contributed by atoms with van der Waals surface area (Å²) < 4.78 is 12.9. The van der Waals surface area contributed by atoms with Crippen molar-refractivity contribution in [1.29, 1.82) is 0 Å². The lowest BCUT2D eigenvalue weighted by atomic mass is 10.2. The van der Waals surface area contributed by atoms with Gasteiger partial charge in [0, 0.05) is 56.7 Å². The van der Waals surface area contributed by atoms with E-state index in [1.807, 2.05) is 28.8 Å². The Labute approximate surface area is 173 Å². The molecule has 1 aliphatic rings. The minimum atomic E-state index is 0.188. The maximum absolute atomic E-state index is 9.15. The molecule has 0 radical (unpaired) electrons. The van der Waals surface area contributed by atoms with Crippen LogP contribution >= 0.6 is 0 Å². The SMILES string of the molecule is OCCN1CCN(c2ccc3nc(Oc4ccoc4)c(-c4ccncc4)n3n2)CC1. The van der Waals surface area contributed by atoms with Crippen molar-refractivity contribution < 1.29 is 14.3 Å². The number of piperazine rings is 1. The van der Waals surface area contributed by atoms with E-state index in [4.69, 9.17) is 19.4 Å². The molecule has 0 aromatic carbocycles. The highest BCUT2D eigenvalue weighted by atomic mass is 16.5. The van der Waals surface area contributed by atoms with E-state index >= 15 is 0 Å². The number of anilines is 1. The summed E-state index contributed by atoms with van der Waals surface area (Å²) in [5, 5.41) is 14.0. The van der Waals surface area contributed by atoms with E-state index in [-0.39, 0.29) is 6.61 Å². The highest BCUT2D eigenvalue weighted by molar-refractivity contribution is 5.70. The Morgan fingerprint density at radius 2 is 1.87 bits per heavy atom. The summed E-state index contributed by atoms with van der Waals surface area (Å²) in [6.45, 7) is 4.41. The van der Waals surface area contributed by atoms with Crippen molar-refractivity contribution in [1.82, 2.24) is 24.5 Å².